The molecule has 0 radical (unpaired) electrons. The summed E-state index contributed by atoms with van der Waals surface area (Å²) in [6.07, 6.45) is 1.67. The van der Waals surface area contributed by atoms with E-state index < -0.39 is 0 Å². The zero-order chi connectivity index (χ0) is 15.5. The predicted molar refractivity (Wildman–Crippen MR) is 84.6 cm³/mol. The second-order valence-corrected chi connectivity index (χ2v) is 6.45. The summed E-state index contributed by atoms with van der Waals surface area (Å²) in [5.74, 6) is 0. The number of nitrogens with zero attached hydrogens (tertiary/aromatic N) is 3. The number of aromatic nitrogens is 2. The van der Waals surface area contributed by atoms with E-state index in [-0.39, 0.29) is 22.0 Å². The Bertz CT molecular complexity index is 510. The number of hydrogen-bond acceptors (Lipinski definition) is 4. The fourth-order valence-electron chi connectivity index (χ4n) is 1.97. The topological polar surface area (TPSA) is 64.2 Å². The Morgan fingerprint density at radius 3 is 2.55 bits per heavy atom. The van der Waals surface area contributed by atoms with E-state index in [1.165, 1.54) is 4.68 Å². The van der Waals surface area contributed by atoms with Crippen LogP contribution in [-0.4, -0.2) is 29.4 Å². The lowest BCUT2D eigenvalue weighted by Crippen LogP contribution is -2.40. The number of halogens is 1. The third kappa shape index (κ3) is 3.73. The van der Waals surface area contributed by atoms with Crippen LogP contribution in [0.4, 0.5) is 5.69 Å². The maximum atomic E-state index is 12.2. The maximum Gasteiger partial charge on any atom is 0.287 e. The fraction of sp³-hybridized carbons (Fsp3) is 0.714. The minimum absolute atomic E-state index is 0.00962. The molecule has 20 heavy (non-hydrogen) atoms. The van der Waals surface area contributed by atoms with Crippen molar-refractivity contribution in [3.63, 3.8) is 0 Å². The fourth-order valence-corrected chi connectivity index (χ4v) is 2.23. The van der Waals surface area contributed by atoms with E-state index in [0.29, 0.717) is 12.2 Å². The molecule has 0 amide bonds. The Kier molecular flexibility index (Phi) is 5.59. The number of rotatable bonds is 6. The summed E-state index contributed by atoms with van der Waals surface area (Å²) in [7, 11) is 0. The van der Waals surface area contributed by atoms with Crippen molar-refractivity contribution in [2.75, 3.05) is 24.5 Å². The Morgan fingerprint density at radius 1 is 1.50 bits per heavy atom. The summed E-state index contributed by atoms with van der Waals surface area (Å²) in [4.78, 5) is 14.3. The summed E-state index contributed by atoms with van der Waals surface area (Å²) in [5.41, 5.74) is 6.16. The molecule has 0 fully saturated rings. The van der Waals surface area contributed by atoms with Crippen LogP contribution in [0.5, 0.6) is 0 Å². The van der Waals surface area contributed by atoms with Crippen molar-refractivity contribution in [3.05, 3.63) is 21.6 Å². The highest BCUT2D eigenvalue weighted by atomic mass is 35.5. The first kappa shape index (κ1) is 17.0. The minimum atomic E-state index is -0.247. The largest absolute Gasteiger partial charge is 0.369 e. The molecule has 0 aliphatic carbocycles. The van der Waals surface area contributed by atoms with Crippen LogP contribution in [0, 0.1) is 5.41 Å². The highest BCUT2D eigenvalue weighted by molar-refractivity contribution is 6.33. The molecule has 0 atom stereocenters. The zero-order valence-electron chi connectivity index (χ0n) is 13.0. The summed E-state index contributed by atoms with van der Waals surface area (Å²) >= 11 is 6.24. The van der Waals surface area contributed by atoms with Gasteiger partial charge < -0.3 is 10.6 Å². The van der Waals surface area contributed by atoms with Crippen molar-refractivity contribution in [2.24, 2.45) is 11.1 Å². The van der Waals surface area contributed by atoms with Crippen LogP contribution in [0.15, 0.2) is 11.0 Å². The van der Waals surface area contributed by atoms with E-state index in [2.05, 4.69) is 18.9 Å². The van der Waals surface area contributed by atoms with Gasteiger partial charge in [-0.25, -0.2) is 4.68 Å². The van der Waals surface area contributed by atoms with E-state index in [9.17, 15) is 4.79 Å². The Hall–Kier alpha value is -1.07. The standard InChI is InChI=1S/C14H25ClN4O/c1-6-18(9-14(4,5)8-16)11-7-17-19(10(2)3)13(20)12(11)15/h7,10H,6,8-9,16H2,1-5H3. The molecule has 0 spiro atoms. The molecular weight excluding hydrogens is 276 g/mol. The number of nitrogens with two attached hydrogens (primary N) is 1. The van der Waals surface area contributed by atoms with E-state index in [1.807, 2.05) is 25.7 Å². The van der Waals surface area contributed by atoms with Gasteiger partial charge in [0.25, 0.3) is 5.56 Å². The number of hydrogen-bond donors (Lipinski definition) is 1. The van der Waals surface area contributed by atoms with Gasteiger partial charge in [-0.15, -0.1) is 0 Å². The molecule has 1 aromatic heterocycles. The average Bonchev–Trinajstić information content (AvgIpc) is 2.39. The molecule has 0 unspecified atom stereocenters. The quantitative estimate of drug-likeness (QED) is 0.875. The highest BCUT2D eigenvalue weighted by Gasteiger charge is 2.23. The first-order chi connectivity index (χ1) is 9.23. The van der Waals surface area contributed by atoms with Crippen molar-refractivity contribution in [3.8, 4) is 0 Å². The SMILES string of the molecule is CCN(CC(C)(C)CN)c1cnn(C(C)C)c(=O)c1Cl. The Morgan fingerprint density at radius 2 is 2.10 bits per heavy atom. The molecule has 5 nitrogen and oxygen atoms in total. The molecule has 0 bridgehead atoms. The van der Waals surface area contributed by atoms with Crippen molar-refractivity contribution in [1.29, 1.82) is 0 Å². The van der Waals surface area contributed by atoms with Gasteiger partial charge in [0.1, 0.15) is 5.02 Å². The Balaban J connectivity index is 3.18. The lowest BCUT2D eigenvalue weighted by molar-refractivity contribution is 0.379. The van der Waals surface area contributed by atoms with Crippen molar-refractivity contribution in [1.82, 2.24) is 9.78 Å². The smallest absolute Gasteiger partial charge is 0.287 e. The molecular formula is C14H25ClN4O. The predicted octanol–water partition coefficient (Wildman–Crippen LogP) is 2.29. The van der Waals surface area contributed by atoms with Gasteiger partial charge in [-0.05, 0) is 32.7 Å². The van der Waals surface area contributed by atoms with Gasteiger partial charge in [0.2, 0.25) is 0 Å². The van der Waals surface area contributed by atoms with Gasteiger partial charge >= 0.3 is 0 Å². The van der Waals surface area contributed by atoms with Crippen molar-refractivity contribution < 1.29 is 0 Å². The van der Waals surface area contributed by atoms with Crippen LogP contribution in [0.2, 0.25) is 5.02 Å². The van der Waals surface area contributed by atoms with Gasteiger partial charge in [-0.3, -0.25) is 4.79 Å². The van der Waals surface area contributed by atoms with Gasteiger partial charge in [0.15, 0.2) is 0 Å². The Labute approximate surface area is 125 Å². The lowest BCUT2D eigenvalue weighted by atomic mass is 9.93. The first-order valence-corrected chi connectivity index (χ1v) is 7.33. The second kappa shape index (κ2) is 6.59. The first-order valence-electron chi connectivity index (χ1n) is 6.96. The second-order valence-electron chi connectivity index (χ2n) is 6.07. The normalized spacial score (nSPS) is 12.0. The van der Waals surface area contributed by atoms with Crippen LogP contribution >= 0.6 is 11.6 Å². The van der Waals surface area contributed by atoms with E-state index in [1.54, 1.807) is 6.20 Å². The summed E-state index contributed by atoms with van der Waals surface area (Å²) in [6, 6.07) is -0.00962. The van der Waals surface area contributed by atoms with E-state index in [4.69, 9.17) is 17.3 Å². The van der Waals surface area contributed by atoms with Gasteiger partial charge in [-0.2, -0.15) is 5.10 Å². The molecule has 1 rings (SSSR count). The van der Waals surface area contributed by atoms with Gasteiger partial charge in [0.05, 0.1) is 17.9 Å². The van der Waals surface area contributed by atoms with Gasteiger partial charge in [-0.1, -0.05) is 25.4 Å². The van der Waals surface area contributed by atoms with Crippen molar-refractivity contribution in [2.45, 2.75) is 40.7 Å². The molecule has 114 valence electrons. The monoisotopic (exact) mass is 300 g/mol. The molecule has 0 saturated carbocycles. The lowest BCUT2D eigenvalue weighted by Gasteiger charge is -2.32. The summed E-state index contributed by atoms with van der Waals surface area (Å²) in [5, 5.41) is 4.44. The molecule has 0 aliphatic rings. The molecule has 6 heteroatoms. The summed E-state index contributed by atoms with van der Waals surface area (Å²) < 4.78 is 1.40. The van der Waals surface area contributed by atoms with Crippen LogP contribution in [0.25, 0.3) is 0 Å². The average molecular weight is 301 g/mol. The molecule has 1 heterocycles. The van der Waals surface area contributed by atoms with E-state index in [0.717, 1.165) is 13.1 Å². The van der Waals surface area contributed by atoms with Crippen LogP contribution in [0.1, 0.15) is 40.7 Å². The third-order valence-corrected chi connectivity index (χ3v) is 3.66. The highest BCUT2D eigenvalue weighted by Crippen LogP contribution is 2.25. The maximum absolute atomic E-state index is 12.2. The molecule has 0 aliphatic heterocycles. The third-order valence-electron chi connectivity index (χ3n) is 3.31. The zero-order valence-corrected chi connectivity index (χ0v) is 13.7. The molecule has 0 aromatic carbocycles. The molecule has 1 aromatic rings. The molecule has 2 N–H and O–H groups in total. The number of anilines is 1. The molecule has 0 saturated heterocycles. The van der Waals surface area contributed by atoms with Crippen LogP contribution in [-0.2, 0) is 0 Å². The van der Waals surface area contributed by atoms with Crippen LogP contribution < -0.4 is 16.2 Å². The van der Waals surface area contributed by atoms with E-state index >= 15 is 0 Å². The minimum Gasteiger partial charge on any atom is -0.369 e. The van der Waals surface area contributed by atoms with Crippen molar-refractivity contribution >= 4 is 17.3 Å². The van der Waals surface area contributed by atoms with Crippen LogP contribution in [0.3, 0.4) is 0 Å². The summed E-state index contributed by atoms with van der Waals surface area (Å²) in [6.45, 7) is 12.1. The van der Waals surface area contributed by atoms with Gasteiger partial charge in [0, 0.05) is 13.1 Å².